The monoisotopic (exact) mass is 341 g/mol. The highest BCUT2D eigenvalue weighted by molar-refractivity contribution is 6.32. The molecule has 0 saturated carbocycles. The average molecular weight is 342 g/mol. The molecule has 126 valence electrons. The number of carbonyl (C=O) groups is 1. The average Bonchev–Trinajstić information content (AvgIpc) is 2.47. The quantitative estimate of drug-likeness (QED) is 0.780. The molecule has 0 aliphatic rings. The Morgan fingerprint density at radius 3 is 2.22 bits per heavy atom. The van der Waals surface area contributed by atoms with Crippen LogP contribution in [0.5, 0.6) is 11.5 Å². The summed E-state index contributed by atoms with van der Waals surface area (Å²) in [4.78, 5) is 10.8. The number of halogens is 2. The van der Waals surface area contributed by atoms with Gasteiger partial charge in [-0.2, -0.15) is 0 Å². The highest BCUT2D eigenvalue weighted by atomic mass is 35.5. The van der Waals surface area contributed by atoms with Crippen LogP contribution in [0.1, 0.15) is 18.6 Å². The third-order valence-electron chi connectivity index (χ3n) is 2.60. The first-order valence-electron chi connectivity index (χ1n) is 6.44. The summed E-state index contributed by atoms with van der Waals surface area (Å²) in [6, 6.07) is 9.50. The first kappa shape index (κ1) is 20.7. The zero-order valence-electron chi connectivity index (χ0n) is 12.5. The van der Waals surface area contributed by atoms with Crippen molar-refractivity contribution in [3.8, 4) is 11.5 Å². The zero-order valence-corrected chi connectivity index (χ0v) is 13.2. The number of aryl methyl sites for hydroxylation is 2. The number of benzene rings is 2. The van der Waals surface area contributed by atoms with Crippen molar-refractivity contribution >= 4 is 17.7 Å². The molecule has 6 heteroatoms. The van der Waals surface area contributed by atoms with Crippen molar-refractivity contribution in [2.24, 2.45) is 0 Å². The van der Waals surface area contributed by atoms with Crippen LogP contribution < -0.4 is 10.1 Å². The van der Waals surface area contributed by atoms with Crippen LogP contribution in [0.15, 0.2) is 36.4 Å². The molecule has 0 aromatic heterocycles. The van der Waals surface area contributed by atoms with E-state index in [-0.39, 0.29) is 13.2 Å². The Bertz CT molecular complexity index is 662. The number of carbonyl (C=O) groups excluding carboxylic acids is 1. The number of phenols is 1. The van der Waals surface area contributed by atoms with Crippen molar-refractivity contribution in [2.75, 3.05) is 7.05 Å². The van der Waals surface area contributed by atoms with Crippen LogP contribution in [0, 0.1) is 19.7 Å². The molecule has 23 heavy (non-hydrogen) atoms. The fourth-order valence-corrected chi connectivity index (χ4v) is 1.73. The van der Waals surface area contributed by atoms with E-state index in [0.717, 1.165) is 11.1 Å². The van der Waals surface area contributed by atoms with E-state index >= 15 is 0 Å². The van der Waals surface area contributed by atoms with Crippen molar-refractivity contribution in [2.45, 2.75) is 21.3 Å². The van der Waals surface area contributed by atoms with Gasteiger partial charge in [0.15, 0.2) is 17.3 Å². The Hall–Kier alpha value is -2.27. The van der Waals surface area contributed by atoms with Crippen LogP contribution in [0.4, 0.5) is 9.18 Å². The van der Waals surface area contributed by atoms with Gasteiger partial charge >= 0.3 is 6.09 Å². The summed E-state index contributed by atoms with van der Waals surface area (Å²) in [5.41, 5.74) is 1.83. The van der Waals surface area contributed by atoms with Gasteiger partial charge < -0.3 is 15.2 Å². The first-order chi connectivity index (χ1) is 10.3. The predicted octanol–water partition coefficient (Wildman–Crippen LogP) is 4.84. The van der Waals surface area contributed by atoms with Crippen LogP contribution in [-0.4, -0.2) is 18.2 Å². The van der Waals surface area contributed by atoms with Crippen LogP contribution in [0.25, 0.3) is 0 Å². The van der Waals surface area contributed by atoms with Crippen LogP contribution in [0.2, 0.25) is 5.02 Å². The minimum atomic E-state index is -0.560. The Balaban J connectivity index is 0.000000427. The summed E-state index contributed by atoms with van der Waals surface area (Å²) in [6.07, 6.45) is -0.522. The van der Waals surface area contributed by atoms with E-state index in [1.807, 2.05) is 13.0 Å². The number of phenolic OH excluding ortho intramolecular Hbond substituents is 1. The molecule has 0 atom stereocenters. The van der Waals surface area contributed by atoms with Crippen LogP contribution >= 0.6 is 11.6 Å². The molecule has 0 fully saturated rings. The summed E-state index contributed by atoms with van der Waals surface area (Å²) in [5, 5.41) is 11.4. The van der Waals surface area contributed by atoms with Crippen molar-refractivity contribution in [1.82, 2.24) is 5.32 Å². The molecule has 0 heterocycles. The van der Waals surface area contributed by atoms with Crippen molar-refractivity contribution in [3.05, 3.63) is 58.4 Å². The van der Waals surface area contributed by atoms with Gasteiger partial charge in [0.05, 0.1) is 5.02 Å². The Kier molecular flexibility index (Phi) is 8.73. The number of rotatable bonds is 1. The third kappa shape index (κ3) is 7.02. The molecule has 1 amide bonds. The first-order valence-corrected chi connectivity index (χ1v) is 6.82. The van der Waals surface area contributed by atoms with Gasteiger partial charge in [-0.1, -0.05) is 31.2 Å². The van der Waals surface area contributed by atoms with E-state index in [4.69, 9.17) is 21.4 Å². The van der Waals surface area contributed by atoms with Gasteiger partial charge in [0.1, 0.15) is 0 Å². The van der Waals surface area contributed by atoms with E-state index in [0.29, 0.717) is 10.8 Å². The number of nitrogens with one attached hydrogen (secondary N) is 1. The molecule has 0 aliphatic carbocycles. The number of ether oxygens (including phenoxy) is 1. The molecule has 2 N–H and O–H groups in total. The van der Waals surface area contributed by atoms with E-state index < -0.39 is 11.9 Å². The molecule has 0 radical (unpaired) electrons. The third-order valence-corrected chi connectivity index (χ3v) is 2.89. The smallest absolute Gasteiger partial charge is 0.412 e. The van der Waals surface area contributed by atoms with Gasteiger partial charge in [-0.15, -0.1) is 0 Å². The molecular formula is C17H21ClFNO3. The van der Waals surface area contributed by atoms with Crippen LogP contribution in [-0.2, 0) is 0 Å². The summed E-state index contributed by atoms with van der Waals surface area (Å²) in [7, 11) is 1.49. The van der Waals surface area contributed by atoms with Gasteiger partial charge in [-0.25, -0.2) is 9.18 Å². The minimum absolute atomic E-state index is 0. The molecule has 0 unspecified atom stereocenters. The maximum atomic E-state index is 12.3. The maximum absolute atomic E-state index is 12.3. The van der Waals surface area contributed by atoms with Crippen molar-refractivity contribution < 1.29 is 19.0 Å². The second kappa shape index (κ2) is 9.69. The molecule has 0 spiro atoms. The number of aromatic hydroxyl groups is 1. The molecule has 2 aromatic carbocycles. The minimum Gasteiger partial charge on any atom is -0.505 e. The molecule has 2 aromatic rings. The summed E-state index contributed by atoms with van der Waals surface area (Å²) in [6.45, 7) is 3.68. The van der Waals surface area contributed by atoms with Crippen LogP contribution in [0.3, 0.4) is 0 Å². The number of amides is 1. The number of hydrogen-bond donors (Lipinski definition) is 2. The van der Waals surface area contributed by atoms with Crippen molar-refractivity contribution in [1.29, 1.82) is 0 Å². The van der Waals surface area contributed by atoms with Gasteiger partial charge in [0, 0.05) is 7.05 Å². The maximum Gasteiger partial charge on any atom is 0.412 e. The Morgan fingerprint density at radius 2 is 1.74 bits per heavy atom. The topological polar surface area (TPSA) is 58.6 Å². The highest BCUT2D eigenvalue weighted by Crippen LogP contribution is 2.25. The van der Waals surface area contributed by atoms with Gasteiger partial charge in [-0.05, 0) is 49.2 Å². The molecule has 0 aliphatic heterocycles. The lowest BCUT2D eigenvalue weighted by atomic mass is 10.2. The lowest BCUT2D eigenvalue weighted by Gasteiger charge is -2.05. The second-order valence-corrected chi connectivity index (χ2v) is 4.94. The lowest BCUT2D eigenvalue weighted by molar-refractivity contribution is 0.203. The SMILES string of the molecule is C.CNC(=O)Oc1ccc(C)cc1Cl.Cc1ccc(O)c(F)c1. The van der Waals surface area contributed by atoms with Gasteiger partial charge in [0.2, 0.25) is 0 Å². The number of hydrogen-bond acceptors (Lipinski definition) is 3. The molecule has 4 nitrogen and oxygen atoms in total. The molecule has 0 bridgehead atoms. The van der Waals surface area contributed by atoms with E-state index in [9.17, 15) is 9.18 Å². The Labute approximate surface area is 140 Å². The summed E-state index contributed by atoms with van der Waals surface area (Å²) in [5.74, 6) is -0.484. The van der Waals surface area contributed by atoms with E-state index in [1.54, 1.807) is 25.1 Å². The van der Waals surface area contributed by atoms with E-state index in [1.165, 1.54) is 19.2 Å². The molecule has 2 rings (SSSR count). The predicted molar refractivity (Wildman–Crippen MR) is 90.8 cm³/mol. The largest absolute Gasteiger partial charge is 0.505 e. The second-order valence-electron chi connectivity index (χ2n) is 4.53. The zero-order chi connectivity index (χ0) is 16.7. The summed E-state index contributed by atoms with van der Waals surface area (Å²) >= 11 is 5.83. The van der Waals surface area contributed by atoms with Crippen molar-refractivity contribution in [3.63, 3.8) is 0 Å². The van der Waals surface area contributed by atoms with Gasteiger partial charge in [-0.3, -0.25) is 0 Å². The molecular weight excluding hydrogens is 321 g/mol. The molecule has 0 saturated heterocycles. The van der Waals surface area contributed by atoms with E-state index in [2.05, 4.69) is 5.32 Å². The standard InChI is InChI=1S/C9H10ClNO2.C7H7FO.CH4/c1-6-3-4-8(7(10)5-6)13-9(12)11-2;1-5-2-3-7(9)6(8)4-5;/h3-5H,1-2H3,(H,11,12);2-4,9H,1H3;1H4. The fourth-order valence-electron chi connectivity index (χ4n) is 1.45. The summed E-state index contributed by atoms with van der Waals surface area (Å²) < 4.78 is 17.2. The normalized spacial score (nSPS) is 9.09. The Morgan fingerprint density at radius 1 is 1.17 bits per heavy atom. The fraction of sp³-hybridized carbons (Fsp3) is 0.235. The van der Waals surface area contributed by atoms with Gasteiger partial charge in [0.25, 0.3) is 0 Å². The highest BCUT2D eigenvalue weighted by Gasteiger charge is 2.05. The lowest BCUT2D eigenvalue weighted by Crippen LogP contribution is -2.22.